The molecule has 158 valence electrons. The van der Waals surface area contributed by atoms with Crippen LogP contribution in [0, 0.1) is 29.6 Å². The van der Waals surface area contributed by atoms with Crippen molar-refractivity contribution in [3.05, 3.63) is 35.9 Å². The van der Waals surface area contributed by atoms with Gasteiger partial charge in [0.15, 0.2) is 0 Å². The van der Waals surface area contributed by atoms with Gasteiger partial charge in [-0.1, -0.05) is 94.5 Å². The molecule has 1 aliphatic heterocycles. The lowest BCUT2D eigenvalue weighted by molar-refractivity contribution is 0.303. The summed E-state index contributed by atoms with van der Waals surface area (Å²) >= 11 is 0. The minimum atomic E-state index is 0.331. The van der Waals surface area contributed by atoms with Gasteiger partial charge in [0.25, 0.3) is 0 Å². The van der Waals surface area contributed by atoms with Crippen molar-refractivity contribution in [1.82, 2.24) is 5.32 Å². The van der Waals surface area contributed by atoms with Crippen LogP contribution in [0.15, 0.2) is 30.3 Å². The molecule has 2 rings (SSSR count). The predicted octanol–water partition coefficient (Wildman–Crippen LogP) is 6.91. The molecule has 0 bridgehead atoms. The first-order valence-corrected chi connectivity index (χ1v) is 12.1. The molecule has 1 nitrogen and oxygen atoms in total. The lowest BCUT2D eigenvalue weighted by Gasteiger charge is -2.33. The van der Waals surface area contributed by atoms with Crippen molar-refractivity contribution in [2.24, 2.45) is 5.92 Å². The molecule has 3 atom stereocenters. The van der Waals surface area contributed by atoms with E-state index < -0.39 is 0 Å². The number of hydrogen-bond acceptors (Lipinski definition) is 1. The van der Waals surface area contributed by atoms with E-state index in [1.54, 1.807) is 0 Å². The van der Waals surface area contributed by atoms with Crippen LogP contribution in [0.2, 0.25) is 0 Å². The largest absolute Gasteiger partial charge is 0.299 e. The second kappa shape index (κ2) is 15.2. The van der Waals surface area contributed by atoms with Crippen molar-refractivity contribution >= 4 is 0 Å². The molecule has 1 heterocycles. The highest BCUT2D eigenvalue weighted by Crippen LogP contribution is 2.22. The highest BCUT2D eigenvalue weighted by molar-refractivity contribution is 5.20. The molecule has 0 saturated carbocycles. The third-order valence-electron chi connectivity index (χ3n) is 5.84. The maximum Gasteiger partial charge on any atom is 0.0692 e. The van der Waals surface area contributed by atoms with Crippen LogP contribution in [-0.2, 0) is 6.42 Å². The van der Waals surface area contributed by atoms with Crippen molar-refractivity contribution < 1.29 is 0 Å². The van der Waals surface area contributed by atoms with Crippen molar-refractivity contribution in [2.45, 2.75) is 109 Å². The SMILES string of the molecule is CCCCCCC#C[C@@H]1CC[C@@H](C#CCCCCCC)[C@H](Cc2ccccc2)N1. The van der Waals surface area contributed by atoms with Crippen LogP contribution in [0.1, 0.15) is 96.5 Å². The Morgan fingerprint density at radius 2 is 1.45 bits per heavy atom. The smallest absolute Gasteiger partial charge is 0.0692 e. The number of unbranched alkanes of at least 4 members (excludes halogenated alkanes) is 8. The molecule has 29 heavy (non-hydrogen) atoms. The van der Waals surface area contributed by atoms with E-state index in [0.717, 1.165) is 25.7 Å². The molecule has 1 saturated heterocycles. The van der Waals surface area contributed by atoms with Crippen LogP contribution < -0.4 is 5.32 Å². The first kappa shape index (κ1) is 23.6. The minimum absolute atomic E-state index is 0.331. The van der Waals surface area contributed by atoms with Gasteiger partial charge in [0.1, 0.15) is 0 Å². The van der Waals surface area contributed by atoms with Gasteiger partial charge in [-0.3, -0.25) is 5.32 Å². The fourth-order valence-corrected chi connectivity index (χ4v) is 4.04. The molecule has 1 N–H and O–H groups in total. The first-order chi connectivity index (χ1) is 14.3. The van der Waals surface area contributed by atoms with Crippen molar-refractivity contribution in [3.63, 3.8) is 0 Å². The Morgan fingerprint density at radius 3 is 2.10 bits per heavy atom. The molecule has 1 aromatic carbocycles. The Balaban J connectivity index is 1.90. The van der Waals surface area contributed by atoms with Crippen molar-refractivity contribution in [1.29, 1.82) is 0 Å². The molecule has 0 spiro atoms. The van der Waals surface area contributed by atoms with Gasteiger partial charge in [0.05, 0.1) is 6.04 Å². The van der Waals surface area contributed by atoms with E-state index in [9.17, 15) is 0 Å². The van der Waals surface area contributed by atoms with Crippen LogP contribution in [0.5, 0.6) is 0 Å². The Hall–Kier alpha value is -1.70. The zero-order valence-corrected chi connectivity index (χ0v) is 18.8. The van der Waals surface area contributed by atoms with Gasteiger partial charge in [0.2, 0.25) is 0 Å². The van der Waals surface area contributed by atoms with Gasteiger partial charge < -0.3 is 0 Å². The molecule has 0 aromatic heterocycles. The summed E-state index contributed by atoms with van der Waals surface area (Å²) in [4.78, 5) is 0. The van der Waals surface area contributed by atoms with Crippen LogP contribution in [0.4, 0.5) is 0 Å². The Kier molecular flexibility index (Phi) is 12.3. The highest BCUT2D eigenvalue weighted by Gasteiger charge is 2.28. The quantitative estimate of drug-likeness (QED) is 0.337. The van der Waals surface area contributed by atoms with E-state index in [1.807, 2.05) is 0 Å². The molecule has 1 fully saturated rings. The van der Waals surface area contributed by atoms with E-state index in [-0.39, 0.29) is 0 Å². The molecular formula is C28H41N. The number of rotatable bonds is 10. The maximum absolute atomic E-state index is 3.84. The standard InChI is InChI=1S/C28H41N/c1-3-5-7-9-11-16-20-26-22-23-27(21-17-12-10-8-6-4-2)29-28(26)24-25-18-14-13-15-19-25/h13-15,18-19,26-29H,3-12,22-24H2,1-2H3/t26-,27-,28+/m1/s1. The summed E-state index contributed by atoms with van der Waals surface area (Å²) < 4.78 is 0. The second-order valence-electron chi connectivity index (χ2n) is 8.46. The van der Waals surface area contributed by atoms with Crippen molar-refractivity contribution in [2.75, 3.05) is 0 Å². The van der Waals surface area contributed by atoms with Gasteiger partial charge in [-0.15, -0.1) is 11.8 Å². The van der Waals surface area contributed by atoms with Gasteiger partial charge in [0, 0.05) is 24.8 Å². The summed E-state index contributed by atoms with van der Waals surface area (Å²) in [7, 11) is 0. The van der Waals surface area contributed by atoms with E-state index in [0.29, 0.717) is 18.0 Å². The summed E-state index contributed by atoms with van der Waals surface area (Å²) in [5.41, 5.74) is 1.40. The summed E-state index contributed by atoms with van der Waals surface area (Å²) in [5, 5.41) is 3.84. The lowest BCUT2D eigenvalue weighted by Crippen LogP contribution is -2.47. The number of nitrogens with one attached hydrogen (secondary N) is 1. The van der Waals surface area contributed by atoms with Crippen LogP contribution in [0.3, 0.4) is 0 Å². The van der Waals surface area contributed by atoms with E-state index in [4.69, 9.17) is 0 Å². The maximum atomic E-state index is 3.84. The lowest BCUT2D eigenvalue weighted by atomic mass is 9.84. The summed E-state index contributed by atoms with van der Waals surface area (Å²) in [6.07, 6.45) is 15.8. The first-order valence-electron chi connectivity index (χ1n) is 12.1. The molecule has 0 radical (unpaired) electrons. The zero-order valence-electron chi connectivity index (χ0n) is 18.8. The topological polar surface area (TPSA) is 12.0 Å². The molecule has 1 aromatic rings. The number of hydrogen-bond donors (Lipinski definition) is 1. The normalized spacial score (nSPS) is 21.0. The van der Waals surface area contributed by atoms with Crippen LogP contribution in [-0.4, -0.2) is 12.1 Å². The third kappa shape index (κ3) is 10.1. The number of piperidine rings is 1. The molecule has 1 heteroatoms. The molecule has 0 unspecified atom stereocenters. The second-order valence-corrected chi connectivity index (χ2v) is 8.46. The molecule has 0 amide bonds. The van der Waals surface area contributed by atoms with Crippen LogP contribution in [0.25, 0.3) is 0 Å². The van der Waals surface area contributed by atoms with Gasteiger partial charge in [-0.25, -0.2) is 0 Å². The minimum Gasteiger partial charge on any atom is -0.299 e. The third-order valence-corrected chi connectivity index (χ3v) is 5.84. The summed E-state index contributed by atoms with van der Waals surface area (Å²) in [5.74, 6) is 14.5. The molecule has 1 aliphatic rings. The average Bonchev–Trinajstić information content (AvgIpc) is 2.75. The van der Waals surface area contributed by atoms with Gasteiger partial charge >= 0.3 is 0 Å². The Labute approximate surface area is 180 Å². The van der Waals surface area contributed by atoms with Crippen molar-refractivity contribution in [3.8, 4) is 23.7 Å². The van der Waals surface area contributed by atoms with E-state index >= 15 is 0 Å². The van der Waals surface area contributed by atoms with E-state index in [2.05, 4.69) is 73.2 Å². The molecule has 0 aliphatic carbocycles. The fraction of sp³-hybridized carbons (Fsp3) is 0.643. The predicted molar refractivity (Wildman–Crippen MR) is 127 cm³/mol. The zero-order chi connectivity index (χ0) is 20.6. The molecular weight excluding hydrogens is 350 g/mol. The average molecular weight is 392 g/mol. The monoisotopic (exact) mass is 391 g/mol. The Bertz CT molecular complexity index is 654. The number of benzene rings is 1. The fourth-order valence-electron chi connectivity index (χ4n) is 4.04. The Morgan fingerprint density at radius 1 is 0.793 bits per heavy atom. The van der Waals surface area contributed by atoms with Gasteiger partial charge in [-0.05, 0) is 37.7 Å². The highest BCUT2D eigenvalue weighted by atomic mass is 15.0. The summed E-state index contributed by atoms with van der Waals surface area (Å²) in [6, 6.07) is 11.6. The van der Waals surface area contributed by atoms with Crippen LogP contribution >= 0.6 is 0 Å². The summed E-state index contributed by atoms with van der Waals surface area (Å²) in [6.45, 7) is 4.52. The van der Waals surface area contributed by atoms with E-state index in [1.165, 1.54) is 63.4 Å². The van der Waals surface area contributed by atoms with Gasteiger partial charge in [-0.2, -0.15) is 0 Å².